The van der Waals surface area contributed by atoms with Crippen LogP contribution in [0.4, 0.5) is 0 Å². The maximum Gasteiger partial charge on any atom is 0.0689 e. The van der Waals surface area contributed by atoms with Crippen molar-refractivity contribution in [2.24, 2.45) is 0 Å². The number of rotatable bonds is 3. The van der Waals surface area contributed by atoms with Crippen molar-refractivity contribution < 1.29 is 4.21 Å². The largest absolute Gasteiger partial charge is 0.259 e. The third-order valence-corrected chi connectivity index (χ3v) is 3.21. The molecule has 44 valence electrons. The van der Waals surface area contributed by atoms with Crippen molar-refractivity contribution in [3.63, 3.8) is 0 Å². The molecule has 0 aromatic heterocycles. The lowest BCUT2D eigenvalue weighted by Gasteiger charge is -1.89. The molecule has 3 heteroatoms. The molecule has 0 aromatic rings. The van der Waals surface area contributed by atoms with E-state index < -0.39 is 10.8 Å². The first-order chi connectivity index (χ1) is 3.31. The van der Waals surface area contributed by atoms with Crippen molar-refractivity contribution in [1.82, 2.24) is 0 Å². The topological polar surface area (TPSA) is 17.1 Å². The summed E-state index contributed by atoms with van der Waals surface area (Å²) < 4.78 is 10.5. The summed E-state index contributed by atoms with van der Waals surface area (Å²) in [5, 5.41) is 0.788. The standard InChI is InChI=1S/C4H10OS2/c1-3-7(5)4-6-2/h3-4H2,1-2H3/t7-/m1/s1. The minimum Gasteiger partial charge on any atom is -0.259 e. The predicted molar refractivity (Wildman–Crippen MR) is 37.1 cm³/mol. The molecule has 0 saturated carbocycles. The third-order valence-electron chi connectivity index (χ3n) is 0.571. The Morgan fingerprint density at radius 2 is 2.29 bits per heavy atom. The molecule has 0 unspecified atom stereocenters. The fourth-order valence-corrected chi connectivity index (χ4v) is 1.93. The van der Waals surface area contributed by atoms with Gasteiger partial charge in [-0.25, -0.2) is 0 Å². The Balaban J connectivity index is 3.00. The van der Waals surface area contributed by atoms with Crippen LogP contribution in [0.15, 0.2) is 0 Å². The van der Waals surface area contributed by atoms with E-state index in [4.69, 9.17) is 0 Å². The number of hydrogen-bond acceptors (Lipinski definition) is 2. The van der Waals surface area contributed by atoms with E-state index in [9.17, 15) is 4.21 Å². The Bertz CT molecular complexity index is 62.7. The van der Waals surface area contributed by atoms with Gasteiger partial charge in [0.15, 0.2) is 0 Å². The first kappa shape index (κ1) is 7.50. The van der Waals surface area contributed by atoms with E-state index in [2.05, 4.69) is 0 Å². The van der Waals surface area contributed by atoms with Crippen molar-refractivity contribution in [2.75, 3.05) is 17.1 Å². The second kappa shape index (κ2) is 4.65. The highest BCUT2D eigenvalue weighted by atomic mass is 32.2. The molecule has 7 heavy (non-hydrogen) atoms. The Morgan fingerprint density at radius 1 is 1.71 bits per heavy atom. The molecule has 0 aliphatic rings. The molecule has 0 rings (SSSR count). The van der Waals surface area contributed by atoms with Gasteiger partial charge in [0.2, 0.25) is 0 Å². The molecule has 0 amide bonds. The maximum absolute atomic E-state index is 10.5. The van der Waals surface area contributed by atoms with Crippen LogP contribution in [0.3, 0.4) is 0 Å². The summed E-state index contributed by atoms with van der Waals surface area (Å²) in [6, 6.07) is 0. The minimum absolute atomic E-state index is 0.564. The second-order valence-corrected chi connectivity index (χ2v) is 4.11. The molecule has 0 fully saturated rings. The van der Waals surface area contributed by atoms with E-state index >= 15 is 0 Å². The van der Waals surface area contributed by atoms with Gasteiger partial charge >= 0.3 is 0 Å². The van der Waals surface area contributed by atoms with Crippen molar-refractivity contribution >= 4 is 22.6 Å². The van der Waals surface area contributed by atoms with E-state index in [1.807, 2.05) is 13.2 Å². The molecule has 0 aliphatic carbocycles. The summed E-state index contributed by atoms with van der Waals surface area (Å²) in [5.41, 5.74) is 0. The Kier molecular flexibility index (Phi) is 4.99. The van der Waals surface area contributed by atoms with Gasteiger partial charge in [0.1, 0.15) is 0 Å². The van der Waals surface area contributed by atoms with Gasteiger partial charge in [0.25, 0.3) is 0 Å². The van der Waals surface area contributed by atoms with Crippen LogP contribution in [0.25, 0.3) is 0 Å². The quantitative estimate of drug-likeness (QED) is 0.580. The van der Waals surface area contributed by atoms with Gasteiger partial charge in [-0.1, -0.05) is 6.92 Å². The van der Waals surface area contributed by atoms with Gasteiger partial charge in [-0.15, -0.1) is 0 Å². The van der Waals surface area contributed by atoms with Crippen LogP contribution in [-0.4, -0.2) is 21.3 Å². The highest BCUT2D eigenvalue weighted by molar-refractivity contribution is 8.09. The average molecular weight is 138 g/mol. The number of hydrogen-bond donors (Lipinski definition) is 0. The van der Waals surface area contributed by atoms with Crippen molar-refractivity contribution in [3.8, 4) is 0 Å². The van der Waals surface area contributed by atoms with Gasteiger partial charge in [0, 0.05) is 16.6 Å². The zero-order valence-corrected chi connectivity index (χ0v) is 6.27. The summed E-state index contributed by atoms with van der Waals surface area (Å²) in [6.45, 7) is 1.94. The zero-order chi connectivity index (χ0) is 5.70. The Morgan fingerprint density at radius 3 is 2.43 bits per heavy atom. The van der Waals surface area contributed by atoms with Crippen LogP contribution in [0.1, 0.15) is 6.92 Å². The molecule has 1 atom stereocenters. The van der Waals surface area contributed by atoms with Crippen molar-refractivity contribution in [1.29, 1.82) is 0 Å². The molecule has 0 saturated heterocycles. The highest BCUT2D eigenvalue weighted by Gasteiger charge is 1.88. The summed E-state index contributed by atoms with van der Waals surface area (Å²) >= 11 is 1.63. The third kappa shape index (κ3) is 4.35. The molecule has 0 bridgehead atoms. The summed E-state index contributed by atoms with van der Waals surface area (Å²) in [4.78, 5) is 0. The normalized spacial score (nSPS) is 14.0. The van der Waals surface area contributed by atoms with Crippen molar-refractivity contribution in [2.45, 2.75) is 6.92 Å². The van der Waals surface area contributed by atoms with Crippen LogP contribution in [0.2, 0.25) is 0 Å². The van der Waals surface area contributed by atoms with E-state index in [0.29, 0.717) is 0 Å². The van der Waals surface area contributed by atoms with E-state index in [1.54, 1.807) is 11.8 Å². The molecule has 0 heterocycles. The monoisotopic (exact) mass is 138 g/mol. The first-order valence-corrected chi connectivity index (χ1v) is 5.03. The van der Waals surface area contributed by atoms with Gasteiger partial charge in [0.05, 0.1) is 5.08 Å². The summed E-state index contributed by atoms with van der Waals surface area (Å²) in [5.74, 6) is 0.792. The molecular formula is C4H10OS2. The van der Waals surface area contributed by atoms with Gasteiger partial charge in [-0.3, -0.25) is 4.21 Å². The minimum atomic E-state index is -0.564. The Labute approximate surface area is 51.3 Å². The lowest BCUT2D eigenvalue weighted by Crippen LogP contribution is -1.93. The fourth-order valence-electron chi connectivity index (χ4n) is 0.215. The van der Waals surface area contributed by atoms with Gasteiger partial charge in [-0.2, -0.15) is 11.8 Å². The summed E-state index contributed by atoms with van der Waals surface area (Å²) in [7, 11) is -0.564. The van der Waals surface area contributed by atoms with Gasteiger partial charge < -0.3 is 0 Å². The lowest BCUT2D eigenvalue weighted by atomic mass is 11.0. The maximum atomic E-state index is 10.5. The first-order valence-electron chi connectivity index (χ1n) is 2.15. The van der Waals surface area contributed by atoms with Crippen LogP contribution >= 0.6 is 11.8 Å². The molecule has 0 radical (unpaired) electrons. The molecule has 0 aromatic carbocycles. The van der Waals surface area contributed by atoms with Crippen LogP contribution in [-0.2, 0) is 10.8 Å². The molecule has 0 N–H and O–H groups in total. The van der Waals surface area contributed by atoms with Crippen molar-refractivity contribution in [3.05, 3.63) is 0 Å². The second-order valence-electron chi connectivity index (χ2n) is 1.14. The molecule has 0 aliphatic heterocycles. The van der Waals surface area contributed by atoms with Crippen LogP contribution < -0.4 is 0 Å². The smallest absolute Gasteiger partial charge is 0.0689 e. The van der Waals surface area contributed by atoms with Crippen LogP contribution in [0.5, 0.6) is 0 Å². The van der Waals surface area contributed by atoms with Crippen LogP contribution in [0, 0.1) is 0 Å². The highest BCUT2D eigenvalue weighted by Crippen LogP contribution is 1.94. The zero-order valence-electron chi connectivity index (χ0n) is 4.64. The summed E-state index contributed by atoms with van der Waals surface area (Å²) in [6.07, 6.45) is 1.97. The Hall–Kier alpha value is 0.500. The van der Waals surface area contributed by atoms with E-state index in [-0.39, 0.29) is 0 Å². The fraction of sp³-hybridized carbons (Fsp3) is 1.00. The molecule has 1 nitrogen and oxygen atoms in total. The number of thioether (sulfide) groups is 1. The molecular weight excluding hydrogens is 128 g/mol. The average Bonchev–Trinajstić information content (AvgIpc) is 1.68. The van der Waals surface area contributed by atoms with E-state index in [1.165, 1.54) is 0 Å². The van der Waals surface area contributed by atoms with E-state index in [0.717, 1.165) is 10.8 Å². The molecule has 0 spiro atoms. The predicted octanol–water partition coefficient (Wildman–Crippen LogP) is 1.08. The van der Waals surface area contributed by atoms with Gasteiger partial charge in [-0.05, 0) is 6.26 Å². The SMILES string of the molecule is CC[S@@](=O)CSC. The lowest BCUT2D eigenvalue weighted by molar-refractivity contribution is 0.687.